The molecule has 1 aliphatic carbocycles. The van der Waals surface area contributed by atoms with Gasteiger partial charge in [-0.05, 0) is 18.8 Å². The summed E-state index contributed by atoms with van der Waals surface area (Å²) in [5.41, 5.74) is 0. The van der Waals surface area contributed by atoms with Crippen LogP contribution in [-0.4, -0.2) is 34.2 Å². The van der Waals surface area contributed by atoms with Crippen molar-refractivity contribution in [2.75, 3.05) is 0 Å². The first-order chi connectivity index (χ1) is 6.09. The first-order valence-electron chi connectivity index (χ1n) is 4.31. The largest absolute Gasteiger partial charge is 0.481 e. The van der Waals surface area contributed by atoms with Crippen molar-refractivity contribution in [1.82, 2.24) is 5.32 Å². The molecule has 1 aliphatic heterocycles. The van der Waals surface area contributed by atoms with Crippen molar-refractivity contribution in [3.8, 4) is 0 Å². The molecule has 0 amide bonds. The molecule has 0 aromatic rings. The van der Waals surface area contributed by atoms with E-state index in [0.29, 0.717) is 12.8 Å². The fourth-order valence-electron chi connectivity index (χ4n) is 2.49. The molecule has 2 fully saturated rings. The van der Waals surface area contributed by atoms with Gasteiger partial charge in [0.1, 0.15) is 6.04 Å². The van der Waals surface area contributed by atoms with Gasteiger partial charge in [-0.2, -0.15) is 0 Å². The Hall–Kier alpha value is -1.10. The van der Waals surface area contributed by atoms with Crippen molar-refractivity contribution in [3.63, 3.8) is 0 Å². The maximum Gasteiger partial charge on any atom is 0.321 e. The van der Waals surface area contributed by atoms with Crippen LogP contribution < -0.4 is 5.32 Å². The summed E-state index contributed by atoms with van der Waals surface area (Å²) < 4.78 is 0. The van der Waals surface area contributed by atoms with Crippen LogP contribution >= 0.6 is 0 Å². The van der Waals surface area contributed by atoms with Crippen LogP contribution in [0.3, 0.4) is 0 Å². The van der Waals surface area contributed by atoms with Gasteiger partial charge in [0, 0.05) is 6.04 Å². The molecule has 2 rings (SSSR count). The fourth-order valence-corrected chi connectivity index (χ4v) is 2.49. The van der Waals surface area contributed by atoms with Crippen molar-refractivity contribution in [1.29, 1.82) is 0 Å². The maximum atomic E-state index is 10.7. The number of rotatable bonds is 2. The highest BCUT2D eigenvalue weighted by Gasteiger charge is 2.51. The molecule has 1 saturated heterocycles. The molecule has 0 aromatic carbocycles. The van der Waals surface area contributed by atoms with Crippen LogP contribution in [0.25, 0.3) is 0 Å². The number of carboxylic acids is 2. The summed E-state index contributed by atoms with van der Waals surface area (Å²) in [7, 11) is 0. The zero-order chi connectivity index (χ0) is 9.59. The van der Waals surface area contributed by atoms with E-state index in [-0.39, 0.29) is 12.0 Å². The van der Waals surface area contributed by atoms with Crippen LogP contribution in [0.15, 0.2) is 0 Å². The normalized spacial score (nSPS) is 42.2. The number of piperidine rings is 1. The lowest BCUT2D eigenvalue weighted by atomic mass is 9.89. The topological polar surface area (TPSA) is 86.6 Å². The van der Waals surface area contributed by atoms with Gasteiger partial charge in [0.2, 0.25) is 0 Å². The van der Waals surface area contributed by atoms with Gasteiger partial charge in [-0.15, -0.1) is 0 Å². The number of aliphatic carboxylic acids is 2. The van der Waals surface area contributed by atoms with Crippen molar-refractivity contribution < 1.29 is 19.8 Å². The third-order valence-electron chi connectivity index (χ3n) is 3.04. The second-order valence-corrected chi connectivity index (χ2v) is 3.76. The molecule has 0 unspecified atom stereocenters. The molecule has 1 saturated carbocycles. The average molecular weight is 185 g/mol. The lowest BCUT2D eigenvalue weighted by molar-refractivity contribution is -0.146. The third-order valence-corrected chi connectivity index (χ3v) is 3.04. The van der Waals surface area contributed by atoms with Gasteiger partial charge in [-0.1, -0.05) is 0 Å². The Kier molecular flexibility index (Phi) is 1.76. The average Bonchev–Trinajstić information content (AvgIpc) is 2.60. The maximum absolute atomic E-state index is 10.7. The zero-order valence-electron chi connectivity index (χ0n) is 6.93. The Balaban J connectivity index is 2.15. The quantitative estimate of drug-likeness (QED) is 0.541. The highest BCUT2D eigenvalue weighted by molar-refractivity contribution is 5.78. The molecule has 4 atom stereocenters. The molecule has 1 heterocycles. The SMILES string of the molecule is O=C(O)[C@H]1C[C@@H]2C[C@H]1[C@@H](C(=O)O)N2. The second-order valence-electron chi connectivity index (χ2n) is 3.76. The standard InChI is InChI=1S/C8H11NO4/c10-7(11)5-2-3-1-4(5)6(9-3)8(12)13/h3-6,9H,1-2H2,(H,10,11)(H,12,13)/t3-,4+,5-,6-/m0/s1. The highest BCUT2D eigenvalue weighted by Crippen LogP contribution is 2.40. The molecule has 5 nitrogen and oxygen atoms in total. The van der Waals surface area contributed by atoms with E-state index in [0.717, 1.165) is 0 Å². The smallest absolute Gasteiger partial charge is 0.321 e. The van der Waals surface area contributed by atoms with E-state index in [2.05, 4.69) is 5.32 Å². The van der Waals surface area contributed by atoms with Crippen molar-refractivity contribution >= 4 is 11.9 Å². The molecular formula is C8H11NO4. The Labute approximate surface area is 74.7 Å². The van der Waals surface area contributed by atoms with Crippen LogP contribution in [0.4, 0.5) is 0 Å². The van der Waals surface area contributed by atoms with E-state index in [1.807, 2.05) is 0 Å². The number of carboxylic acid groups (broad SMARTS) is 2. The molecule has 0 aromatic heterocycles. The number of hydrogen-bond donors (Lipinski definition) is 3. The van der Waals surface area contributed by atoms with Gasteiger partial charge in [0.25, 0.3) is 0 Å². The fraction of sp³-hybridized carbons (Fsp3) is 0.750. The first kappa shape index (κ1) is 8.50. The van der Waals surface area contributed by atoms with E-state index in [1.54, 1.807) is 0 Å². The molecule has 0 radical (unpaired) electrons. The molecule has 2 bridgehead atoms. The number of carbonyl (C=O) groups is 2. The van der Waals surface area contributed by atoms with Crippen LogP contribution in [0, 0.1) is 11.8 Å². The Morgan fingerprint density at radius 1 is 1.15 bits per heavy atom. The van der Waals surface area contributed by atoms with Gasteiger partial charge in [-0.3, -0.25) is 9.59 Å². The summed E-state index contributed by atoms with van der Waals surface area (Å²) in [5, 5.41) is 20.5. The van der Waals surface area contributed by atoms with E-state index in [4.69, 9.17) is 10.2 Å². The minimum absolute atomic E-state index is 0.0900. The predicted molar refractivity (Wildman–Crippen MR) is 42.2 cm³/mol. The van der Waals surface area contributed by atoms with E-state index in [9.17, 15) is 9.59 Å². The van der Waals surface area contributed by atoms with E-state index < -0.39 is 23.9 Å². The van der Waals surface area contributed by atoms with Crippen LogP contribution in [0.2, 0.25) is 0 Å². The zero-order valence-corrected chi connectivity index (χ0v) is 6.93. The molecular weight excluding hydrogens is 174 g/mol. The minimum Gasteiger partial charge on any atom is -0.481 e. The summed E-state index contributed by atoms with van der Waals surface area (Å²) in [6, 6.07) is -0.563. The molecule has 13 heavy (non-hydrogen) atoms. The summed E-state index contributed by atoms with van der Waals surface area (Å²) in [4.78, 5) is 21.4. The molecule has 72 valence electrons. The Bertz CT molecular complexity index is 241. The van der Waals surface area contributed by atoms with Gasteiger partial charge in [0.05, 0.1) is 5.92 Å². The second kappa shape index (κ2) is 2.70. The molecule has 5 heteroatoms. The molecule has 0 spiro atoms. The third kappa shape index (κ3) is 1.19. The van der Waals surface area contributed by atoms with E-state index in [1.165, 1.54) is 0 Å². The summed E-state index contributed by atoms with van der Waals surface area (Å²) in [6.45, 7) is 0. The first-order valence-corrected chi connectivity index (χ1v) is 4.31. The minimum atomic E-state index is -0.932. The number of hydrogen-bond acceptors (Lipinski definition) is 3. The highest BCUT2D eigenvalue weighted by atomic mass is 16.4. The Morgan fingerprint density at radius 3 is 2.31 bits per heavy atom. The molecule has 2 aliphatic rings. The lowest BCUT2D eigenvalue weighted by Crippen LogP contribution is -2.46. The van der Waals surface area contributed by atoms with Crippen LogP contribution in [0.5, 0.6) is 0 Å². The monoisotopic (exact) mass is 185 g/mol. The predicted octanol–water partition coefficient (Wildman–Crippen LogP) is -0.478. The van der Waals surface area contributed by atoms with Crippen molar-refractivity contribution in [2.24, 2.45) is 11.8 Å². The summed E-state index contributed by atoms with van der Waals surface area (Å²) >= 11 is 0. The number of fused-ring (bicyclic) bond motifs is 2. The number of nitrogens with one attached hydrogen (secondary N) is 1. The lowest BCUT2D eigenvalue weighted by Gasteiger charge is -2.24. The summed E-state index contributed by atoms with van der Waals surface area (Å²) in [6.07, 6.45) is 1.26. The van der Waals surface area contributed by atoms with Crippen LogP contribution in [0.1, 0.15) is 12.8 Å². The van der Waals surface area contributed by atoms with Crippen molar-refractivity contribution in [2.45, 2.75) is 24.9 Å². The van der Waals surface area contributed by atoms with E-state index >= 15 is 0 Å². The van der Waals surface area contributed by atoms with Gasteiger partial charge >= 0.3 is 11.9 Å². The van der Waals surface area contributed by atoms with Gasteiger partial charge < -0.3 is 15.5 Å². The van der Waals surface area contributed by atoms with Crippen molar-refractivity contribution in [3.05, 3.63) is 0 Å². The van der Waals surface area contributed by atoms with Gasteiger partial charge in [0.15, 0.2) is 0 Å². The van der Waals surface area contributed by atoms with Crippen LogP contribution in [-0.2, 0) is 9.59 Å². The molecule has 3 N–H and O–H groups in total. The Morgan fingerprint density at radius 2 is 1.85 bits per heavy atom. The summed E-state index contributed by atoms with van der Waals surface area (Å²) in [5.74, 6) is -2.48. The van der Waals surface area contributed by atoms with Gasteiger partial charge in [-0.25, -0.2) is 0 Å².